The van der Waals surface area contributed by atoms with Gasteiger partial charge in [0.05, 0.1) is 34.8 Å². The number of rotatable bonds is 4. The average Bonchev–Trinajstić information content (AvgIpc) is 3.30. The summed E-state index contributed by atoms with van der Waals surface area (Å²) < 4.78 is 9.20. The van der Waals surface area contributed by atoms with E-state index in [1.165, 1.54) is 38.0 Å². The molecule has 0 aromatic carbocycles. The molecule has 17 nitrogen and oxygen atoms in total. The molecular weight excluding hydrogens is 913 g/mol. The molecule has 0 atom stereocenters. The lowest BCUT2D eigenvalue weighted by Crippen LogP contribution is -2.23. The van der Waals surface area contributed by atoms with Gasteiger partial charge in [0.2, 0.25) is 0 Å². The molecule has 7 heterocycles. The Balaban J connectivity index is 0.000000156. The summed E-state index contributed by atoms with van der Waals surface area (Å²) in [4.78, 5) is 75.0. The van der Waals surface area contributed by atoms with Crippen molar-refractivity contribution in [3.8, 4) is 0 Å². The number of carbonyl (C=O) groups is 4. The highest BCUT2D eigenvalue weighted by atomic mass is 35.5. The number of Topliss-reactive ketones (excluding diaryl/α,β-unsaturated/α-hetero) is 1. The average molecular weight is 953 g/mol. The number of hydrogen-bond acceptors (Lipinski definition) is 17. The van der Waals surface area contributed by atoms with Crippen LogP contribution in [0.4, 0.5) is 11.5 Å². The van der Waals surface area contributed by atoms with Gasteiger partial charge in [-0.05, 0) is 60.5 Å². The van der Waals surface area contributed by atoms with Gasteiger partial charge in [0.25, 0.3) is 0 Å². The van der Waals surface area contributed by atoms with Gasteiger partial charge in [0.1, 0.15) is 33.6 Å². The van der Waals surface area contributed by atoms with E-state index in [0.717, 1.165) is 33.2 Å². The van der Waals surface area contributed by atoms with Gasteiger partial charge in [0.15, 0.2) is 11.6 Å². The Morgan fingerprint density at radius 1 is 0.727 bits per heavy atom. The van der Waals surface area contributed by atoms with Gasteiger partial charge >= 0.3 is 11.9 Å². The minimum atomic E-state index is -0.787. The van der Waals surface area contributed by atoms with Crippen molar-refractivity contribution in [3.63, 3.8) is 0 Å². The SMILES string of the molecule is CCOC(=O)C1=C(O)c2cnccc2CC1=O.CN(C)c1cc(Cl)c2cnccc2n1.COC(=O)c1cnccc1N.Clc1cc(Cl)c2cnccc2n1.O=C1C=C(O)c2cnccc2C1. The Morgan fingerprint density at radius 3 is 1.88 bits per heavy atom. The largest absolute Gasteiger partial charge is 0.507 e. The number of ether oxygens (including phenoxy) is 2. The number of esters is 2. The number of aromatic nitrogens is 7. The fourth-order valence-electron chi connectivity index (χ4n) is 5.94. The number of hydrogen-bond donors (Lipinski definition) is 3. The van der Waals surface area contributed by atoms with Crippen LogP contribution in [0.25, 0.3) is 33.3 Å². The molecule has 0 fully saturated rings. The minimum Gasteiger partial charge on any atom is -0.507 e. The predicted molar refractivity (Wildman–Crippen MR) is 251 cm³/mol. The number of methoxy groups -OCH3 is 1. The van der Waals surface area contributed by atoms with Gasteiger partial charge < -0.3 is 30.3 Å². The number of anilines is 2. The summed E-state index contributed by atoms with van der Waals surface area (Å²) in [6.07, 6.45) is 17.5. The number of aliphatic hydroxyl groups excluding tert-OH is 2. The summed E-state index contributed by atoms with van der Waals surface area (Å²) >= 11 is 17.7. The van der Waals surface area contributed by atoms with Crippen LogP contribution in [0.5, 0.6) is 0 Å². The molecule has 0 saturated carbocycles. The number of carbonyl (C=O) groups excluding carboxylic acids is 4. The lowest BCUT2D eigenvalue weighted by atomic mass is 9.91. The monoisotopic (exact) mass is 951 g/mol. The first-order valence-corrected chi connectivity index (χ1v) is 20.6. The molecule has 0 radical (unpaired) electrons. The van der Waals surface area contributed by atoms with E-state index < -0.39 is 17.7 Å². The lowest BCUT2D eigenvalue weighted by molar-refractivity contribution is -0.140. The maximum atomic E-state index is 11.7. The van der Waals surface area contributed by atoms with E-state index in [-0.39, 0.29) is 35.9 Å². The van der Waals surface area contributed by atoms with Crippen LogP contribution in [0.1, 0.15) is 39.5 Å². The highest BCUT2D eigenvalue weighted by molar-refractivity contribution is 6.37. The first-order chi connectivity index (χ1) is 31.6. The van der Waals surface area contributed by atoms with E-state index in [0.29, 0.717) is 49.6 Å². The molecule has 0 saturated heterocycles. The Hall–Kier alpha value is -7.60. The van der Waals surface area contributed by atoms with Crippen molar-refractivity contribution in [1.82, 2.24) is 34.9 Å². The summed E-state index contributed by atoms with van der Waals surface area (Å²) in [7, 11) is 5.17. The van der Waals surface area contributed by atoms with E-state index in [9.17, 15) is 29.4 Å². The zero-order valence-electron chi connectivity index (χ0n) is 35.6. The molecule has 7 aromatic rings. The normalized spacial score (nSPS) is 12.2. The second kappa shape index (κ2) is 23.4. The first-order valence-electron chi connectivity index (χ1n) is 19.5. The standard InChI is InChI=1S/C12H11NO4.C10H10ClN3.C9H7NO2.C8H4Cl2N2.C7H8N2O2/c1-2-17-12(16)10-9(14)5-7-3-4-13-6-8(7)11(10)15;1-14(2)10-5-8(11)7-6-12-4-3-9(7)13-10;11-7-3-6-1-2-10-5-8(6)9(12)4-7;9-6-3-8(10)12-7-1-2-11-4-5(6)7;1-11-7(10)5-4-9-3-2-6(5)8/h3-4,6,15H,2,5H2,1H3;3-6H,1-2H3;1-2,4-5,12H,3H2;1-4H;2-4H,1H3,(H2,8,9). The summed E-state index contributed by atoms with van der Waals surface area (Å²) in [5.41, 5.74) is 10.1. The highest BCUT2D eigenvalue weighted by Crippen LogP contribution is 2.28. The molecule has 2 aliphatic rings. The summed E-state index contributed by atoms with van der Waals surface area (Å²) in [5, 5.41) is 22.6. The molecule has 66 heavy (non-hydrogen) atoms. The first kappa shape index (κ1) is 49.4. The van der Waals surface area contributed by atoms with Crippen LogP contribution in [0.2, 0.25) is 15.2 Å². The predicted octanol–water partition coefficient (Wildman–Crippen LogP) is 7.88. The van der Waals surface area contributed by atoms with Crippen LogP contribution in [0.15, 0.2) is 116 Å². The van der Waals surface area contributed by atoms with Crippen molar-refractivity contribution >= 4 is 103 Å². The Bertz CT molecular complexity index is 2990. The van der Waals surface area contributed by atoms with Gasteiger partial charge in [-0.3, -0.25) is 34.5 Å². The number of pyridine rings is 7. The van der Waals surface area contributed by atoms with Crippen molar-refractivity contribution in [2.75, 3.05) is 38.4 Å². The molecule has 2 aliphatic carbocycles. The maximum Gasteiger partial charge on any atom is 0.345 e. The van der Waals surface area contributed by atoms with E-state index in [4.69, 9.17) is 45.3 Å². The topological polar surface area (TPSA) is 247 Å². The van der Waals surface area contributed by atoms with Gasteiger partial charge in [-0.1, -0.05) is 34.8 Å². The van der Waals surface area contributed by atoms with Crippen LogP contribution in [0, 0.1) is 0 Å². The molecule has 0 amide bonds. The summed E-state index contributed by atoms with van der Waals surface area (Å²) in [6, 6.07) is 12.0. The number of aliphatic hydroxyl groups is 2. The van der Waals surface area contributed by atoms with Gasteiger partial charge in [-0.15, -0.1) is 0 Å². The highest BCUT2D eigenvalue weighted by Gasteiger charge is 2.31. The molecule has 7 aromatic heterocycles. The van der Waals surface area contributed by atoms with Crippen molar-refractivity contribution in [3.05, 3.63) is 159 Å². The maximum absolute atomic E-state index is 11.7. The molecule has 0 bridgehead atoms. The lowest BCUT2D eigenvalue weighted by Gasteiger charge is -2.16. The quantitative estimate of drug-likeness (QED) is 0.0862. The fraction of sp³-hybridized carbons (Fsp3) is 0.152. The number of halogens is 3. The third kappa shape index (κ3) is 12.8. The Labute approximate surface area is 392 Å². The molecule has 0 aliphatic heterocycles. The second-order valence-corrected chi connectivity index (χ2v) is 15.0. The summed E-state index contributed by atoms with van der Waals surface area (Å²) in [5.74, 6) is -1.21. The van der Waals surface area contributed by atoms with Gasteiger partial charge in [-0.25, -0.2) is 19.6 Å². The number of fused-ring (bicyclic) bond motifs is 4. The molecule has 4 N–H and O–H groups in total. The third-order valence-electron chi connectivity index (χ3n) is 9.16. The molecule has 338 valence electrons. The Kier molecular flexibility index (Phi) is 17.5. The van der Waals surface area contributed by atoms with E-state index in [2.05, 4.69) is 39.6 Å². The number of nitrogens with zero attached hydrogens (tertiary/aromatic N) is 8. The zero-order chi connectivity index (χ0) is 47.9. The number of allylic oxidation sites excluding steroid dienone is 1. The minimum absolute atomic E-state index is 0.0225. The molecular formula is C46H40Cl3N9O8. The molecule has 20 heteroatoms. The van der Waals surface area contributed by atoms with Crippen molar-refractivity contribution in [2.45, 2.75) is 19.8 Å². The summed E-state index contributed by atoms with van der Waals surface area (Å²) in [6.45, 7) is 1.79. The number of ketones is 2. The van der Waals surface area contributed by atoms with Crippen molar-refractivity contribution < 1.29 is 38.9 Å². The van der Waals surface area contributed by atoms with Crippen LogP contribution in [0.3, 0.4) is 0 Å². The number of nitrogen functional groups attached to an aromatic ring is 1. The van der Waals surface area contributed by atoms with E-state index in [1.54, 1.807) is 74.4 Å². The van der Waals surface area contributed by atoms with Crippen molar-refractivity contribution in [1.29, 1.82) is 0 Å². The van der Waals surface area contributed by atoms with Crippen LogP contribution in [-0.2, 0) is 36.7 Å². The van der Waals surface area contributed by atoms with E-state index >= 15 is 0 Å². The molecule has 9 rings (SSSR count). The smallest absolute Gasteiger partial charge is 0.345 e. The second-order valence-electron chi connectivity index (χ2n) is 13.8. The van der Waals surface area contributed by atoms with Crippen LogP contribution >= 0.6 is 34.8 Å². The van der Waals surface area contributed by atoms with Crippen LogP contribution in [-0.4, -0.2) is 96.4 Å². The zero-order valence-corrected chi connectivity index (χ0v) is 37.9. The number of nitrogens with two attached hydrogens (primary N) is 1. The van der Waals surface area contributed by atoms with E-state index in [1.807, 2.05) is 31.1 Å². The fourth-order valence-corrected chi connectivity index (χ4v) is 6.69. The third-order valence-corrected chi connectivity index (χ3v) is 9.97. The molecule has 0 unspecified atom stereocenters. The van der Waals surface area contributed by atoms with Crippen molar-refractivity contribution in [2.24, 2.45) is 0 Å². The van der Waals surface area contributed by atoms with Crippen LogP contribution < -0.4 is 10.6 Å². The van der Waals surface area contributed by atoms with Gasteiger partial charge in [0, 0.05) is 123 Å². The molecule has 0 spiro atoms. The van der Waals surface area contributed by atoms with Gasteiger partial charge in [-0.2, -0.15) is 0 Å². The Morgan fingerprint density at radius 2 is 1.27 bits per heavy atom.